The molecule has 0 aromatic carbocycles. The molecule has 0 saturated heterocycles. The zero-order valence-corrected chi connectivity index (χ0v) is 11.0. The Morgan fingerprint density at radius 2 is 2.00 bits per heavy atom. The molecule has 0 aliphatic rings. The van der Waals surface area contributed by atoms with Gasteiger partial charge in [-0.15, -0.1) is 0 Å². The smallest absolute Gasteiger partial charge is 0.317 e. The number of amides is 2. The number of hydrogen-bond acceptors (Lipinski definition) is 4. The first kappa shape index (κ1) is 16.7. The number of hydrogen-bond donors (Lipinski definition) is 2. The first-order valence-electron chi connectivity index (χ1n) is 5.85. The lowest BCUT2D eigenvalue weighted by Gasteiger charge is -2.16. The molecule has 0 spiro atoms. The second kappa shape index (κ2) is 10.8. The number of carboxylic acids is 1. The van der Waals surface area contributed by atoms with Gasteiger partial charge in [-0.1, -0.05) is 0 Å². The van der Waals surface area contributed by atoms with E-state index < -0.39 is 5.97 Å². The van der Waals surface area contributed by atoms with E-state index in [0.717, 1.165) is 0 Å². The summed E-state index contributed by atoms with van der Waals surface area (Å²) in [7, 11) is 3.17. The number of rotatable bonds is 10. The molecule has 2 amide bonds. The number of carbonyl (C=O) groups is 2. The Morgan fingerprint density at radius 1 is 1.28 bits per heavy atom. The number of methoxy groups -OCH3 is 1. The van der Waals surface area contributed by atoms with E-state index in [2.05, 4.69) is 5.32 Å². The summed E-state index contributed by atoms with van der Waals surface area (Å²) in [6, 6.07) is -0.270. The lowest BCUT2D eigenvalue weighted by atomic mass is 10.4. The largest absolute Gasteiger partial charge is 0.481 e. The van der Waals surface area contributed by atoms with Crippen LogP contribution in [-0.4, -0.2) is 69.1 Å². The monoisotopic (exact) mass is 262 g/mol. The van der Waals surface area contributed by atoms with Gasteiger partial charge in [0.2, 0.25) is 0 Å². The lowest BCUT2D eigenvalue weighted by molar-refractivity contribution is -0.137. The maximum atomic E-state index is 11.5. The molecule has 0 aliphatic heterocycles. The Labute approximate surface area is 107 Å². The van der Waals surface area contributed by atoms with E-state index in [1.165, 1.54) is 4.90 Å². The second-order valence-corrected chi connectivity index (χ2v) is 3.76. The minimum Gasteiger partial charge on any atom is -0.481 e. The van der Waals surface area contributed by atoms with Crippen LogP contribution >= 0.6 is 0 Å². The zero-order chi connectivity index (χ0) is 13.8. The summed E-state index contributed by atoms with van der Waals surface area (Å²) in [6.45, 7) is 2.37. The van der Waals surface area contributed by atoms with Crippen molar-refractivity contribution in [2.45, 2.75) is 12.8 Å². The molecule has 106 valence electrons. The van der Waals surface area contributed by atoms with Crippen molar-refractivity contribution < 1.29 is 24.2 Å². The van der Waals surface area contributed by atoms with E-state index in [1.54, 1.807) is 14.2 Å². The molecule has 0 aromatic rings. The number of nitrogens with zero attached hydrogens (tertiary/aromatic N) is 1. The van der Waals surface area contributed by atoms with Crippen LogP contribution in [0.3, 0.4) is 0 Å². The van der Waals surface area contributed by atoms with E-state index in [4.69, 9.17) is 14.6 Å². The quantitative estimate of drug-likeness (QED) is 0.547. The average Bonchev–Trinajstić information content (AvgIpc) is 2.34. The number of aliphatic carboxylic acids is 1. The van der Waals surface area contributed by atoms with Gasteiger partial charge in [0, 0.05) is 33.9 Å². The van der Waals surface area contributed by atoms with E-state index in [9.17, 15) is 9.59 Å². The predicted molar refractivity (Wildman–Crippen MR) is 65.6 cm³/mol. The number of carboxylic acid groups (broad SMARTS) is 1. The van der Waals surface area contributed by atoms with E-state index in [-0.39, 0.29) is 19.0 Å². The molecule has 0 radical (unpaired) electrons. The molecule has 0 rings (SSSR count). The van der Waals surface area contributed by atoms with Gasteiger partial charge in [0.25, 0.3) is 0 Å². The SMILES string of the molecule is COCCOCCCNC(=O)N(C)CCC(=O)O. The summed E-state index contributed by atoms with van der Waals surface area (Å²) < 4.78 is 10.0. The third kappa shape index (κ3) is 9.86. The van der Waals surface area contributed by atoms with Gasteiger partial charge in [0.05, 0.1) is 19.6 Å². The van der Waals surface area contributed by atoms with Gasteiger partial charge in [-0.25, -0.2) is 4.79 Å². The molecule has 7 heteroatoms. The molecule has 0 bridgehead atoms. The fourth-order valence-corrected chi connectivity index (χ4v) is 1.11. The van der Waals surface area contributed by atoms with Crippen molar-refractivity contribution in [2.75, 3.05) is 47.1 Å². The molecule has 0 saturated carbocycles. The molecule has 0 aromatic heterocycles. The van der Waals surface area contributed by atoms with Gasteiger partial charge in [0.15, 0.2) is 0 Å². The van der Waals surface area contributed by atoms with Crippen LogP contribution < -0.4 is 5.32 Å². The summed E-state index contributed by atoms with van der Waals surface area (Å²) in [5.41, 5.74) is 0. The highest BCUT2D eigenvalue weighted by atomic mass is 16.5. The van der Waals surface area contributed by atoms with Crippen molar-refractivity contribution in [2.24, 2.45) is 0 Å². The maximum absolute atomic E-state index is 11.5. The summed E-state index contributed by atoms with van der Waals surface area (Å²) in [6.07, 6.45) is 0.659. The van der Waals surface area contributed by atoms with Crippen molar-refractivity contribution in [3.8, 4) is 0 Å². The number of ether oxygens (including phenoxy) is 2. The van der Waals surface area contributed by atoms with Crippen LogP contribution in [0.15, 0.2) is 0 Å². The molecule has 2 N–H and O–H groups in total. The first-order chi connectivity index (χ1) is 8.57. The van der Waals surface area contributed by atoms with Gasteiger partial charge in [-0.05, 0) is 6.42 Å². The van der Waals surface area contributed by atoms with Crippen LogP contribution in [-0.2, 0) is 14.3 Å². The minimum absolute atomic E-state index is 0.0515. The van der Waals surface area contributed by atoms with Crippen molar-refractivity contribution >= 4 is 12.0 Å². The van der Waals surface area contributed by atoms with Gasteiger partial charge < -0.3 is 24.8 Å². The van der Waals surface area contributed by atoms with Crippen LogP contribution in [0.2, 0.25) is 0 Å². The van der Waals surface area contributed by atoms with Crippen LogP contribution in [0.25, 0.3) is 0 Å². The number of urea groups is 1. The Kier molecular flexibility index (Phi) is 9.99. The Morgan fingerprint density at radius 3 is 2.61 bits per heavy atom. The highest BCUT2D eigenvalue weighted by Gasteiger charge is 2.08. The molecular formula is C11H22N2O5. The Balaban J connectivity index is 3.43. The highest BCUT2D eigenvalue weighted by molar-refractivity contribution is 5.74. The molecule has 18 heavy (non-hydrogen) atoms. The fourth-order valence-electron chi connectivity index (χ4n) is 1.11. The van der Waals surface area contributed by atoms with Gasteiger partial charge in [-0.3, -0.25) is 4.79 Å². The van der Waals surface area contributed by atoms with Gasteiger partial charge in [0.1, 0.15) is 0 Å². The van der Waals surface area contributed by atoms with Crippen molar-refractivity contribution in [1.82, 2.24) is 10.2 Å². The molecule has 0 fully saturated rings. The van der Waals surface area contributed by atoms with Crippen LogP contribution in [0, 0.1) is 0 Å². The molecular weight excluding hydrogens is 240 g/mol. The summed E-state index contributed by atoms with van der Waals surface area (Å²) >= 11 is 0. The van der Waals surface area contributed by atoms with E-state index in [1.807, 2.05) is 0 Å². The third-order valence-corrected chi connectivity index (χ3v) is 2.18. The van der Waals surface area contributed by atoms with Crippen LogP contribution in [0.4, 0.5) is 4.79 Å². The highest BCUT2D eigenvalue weighted by Crippen LogP contribution is 1.89. The topological polar surface area (TPSA) is 88.1 Å². The molecule has 0 unspecified atom stereocenters. The summed E-state index contributed by atoms with van der Waals surface area (Å²) in [4.78, 5) is 23.1. The average molecular weight is 262 g/mol. The van der Waals surface area contributed by atoms with Crippen molar-refractivity contribution in [3.05, 3.63) is 0 Å². The maximum Gasteiger partial charge on any atom is 0.317 e. The molecule has 7 nitrogen and oxygen atoms in total. The predicted octanol–water partition coefficient (Wildman–Crippen LogP) is 0.156. The third-order valence-electron chi connectivity index (χ3n) is 2.18. The van der Waals surface area contributed by atoms with Crippen molar-refractivity contribution in [3.63, 3.8) is 0 Å². The molecule has 0 aliphatic carbocycles. The summed E-state index contributed by atoms with van der Waals surface area (Å²) in [5.74, 6) is -0.916. The van der Waals surface area contributed by atoms with Crippen LogP contribution in [0.5, 0.6) is 0 Å². The Bertz CT molecular complexity index is 248. The summed E-state index contributed by atoms with van der Waals surface area (Å²) in [5, 5.41) is 11.2. The second-order valence-electron chi connectivity index (χ2n) is 3.76. The van der Waals surface area contributed by atoms with Crippen molar-refractivity contribution in [1.29, 1.82) is 0 Å². The standard InChI is InChI=1S/C11H22N2O5/c1-13(6-4-10(14)15)11(16)12-5-3-7-18-9-8-17-2/h3-9H2,1-2H3,(H,12,16)(H,14,15). The minimum atomic E-state index is -0.916. The molecule has 0 heterocycles. The first-order valence-corrected chi connectivity index (χ1v) is 5.85. The number of nitrogens with one attached hydrogen (secondary N) is 1. The Hall–Kier alpha value is -1.34. The van der Waals surface area contributed by atoms with E-state index >= 15 is 0 Å². The zero-order valence-electron chi connectivity index (χ0n) is 11.0. The normalized spacial score (nSPS) is 10.1. The van der Waals surface area contributed by atoms with Crippen LogP contribution in [0.1, 0.15) is 12.8 Å². The lowest BCUT2D eigenvalue weighted by Crippen LogP contribution is -2.39. The molecule has 0 atom stereocenters. The number of carbonyl (C=O) groups excluding carboxylic acids is 1. The fraction of sp³-hybridized carbons (Fsp3) is 0.818. The van der Waals surface area contributed by atoms with E-state index in [0.29, 0.717) is 32.8 Å². The van der Waals surface area contributed by atoms with Gasteiger partial charge >= 0.3 is 12.0 Å². The van der Waals surface area contributed by atoms with Gasteiger partial charge in [-0.2, -0.15) is 0 Å².